The van der Waals surface area contributed by atoms with Crippen molar-refractivity contribution in [3.05, 3.63) is 76.1 Å². The highest BCUT2D eigenvalue weighted by Gasteiger charge is 2.56. The molecule has 0 atom stereocenters. The quantitative estimate of drug-likeness (QED) is 0.231. The van der Waals surface area contributed by atoms with Gasteiger partial charge >= 0.3 is 11.7 Å². The van der Waals surface area contributed by atoms with Crippen LogP contribution >= 0.6 is 0 Å². The van der Waals surface area contributed by atoms with Gasteiger partial charge in [-0.1, -0.05) is 30.3 Å². The maximum absolute atomic E-state index is 15.3. The number of carbonyl (C=O) groups is 2. The van der Waals surface area contributed by atoms with Gasteiger partial charge in [0.2, 0.25) is 11.7 Å². The van der Waals surface area contributed by atoms with Crippen LogP contribution in [0.5, 0.6) is 0 Å². The van der Waals surface area contributed by atoms with Gasteiger partial charge in [-0.3, -0.25) is 19.7 Å². The van der Waals surface area contributed by atoms with Gasteiger partial charge in [0.25, 0.3) is 0 Å². The molecule has 1 amide bonds. The summed E-state index contributed by atoms with van der Waals surface area (Å²) in [7, 11) is 1.38. The van der Waals surface area contributed by atoms with Crippen LogP contribution in [0.15, 0.2) is 54.6 Å². The Bertz CT molecular complexity index is 1410. The molecule has 0 unspecified atom stereocenters. The van der Waals surface area contributed by atoms with Crippen molar-refractivity contribution in [1.29, 1.82) is 0 Å². The fourth-order valence-electron chi connectivity index (χ4n) is 5.56. The molecule has 10 heteroatoms. The summed E-state index contributed by atoms with van der Waals surface area (Å²) in [6.45, 7) is 1.53. The van der Waals surface area contributed by atoms with E-state index in [-0.39, 0.29) is 51.9 Å². The third kappa shape index (κ3) is 4.69. The van der Waals surface area contributed by atoms with E-state index in [2.05, 4.69) is 15.6 Å². The first-order chi connectivity index (χ1) is 18.2. The number of methoxy groups -OCH3 is 1. The first kappa shape index (κ1) is 25.3. The minimum absolute atomic E-state index is 0.0128. The Hall–Kier alpha value is -4.34. The van der Waals surface area contributed by atoms with Gasteiger partial charge in [0.05, 0.1) is 29.3 Å². The smallest absolute Gasteiger partial charge is 0.311 e. The third-order valence-electron chi connectivity index (χ3n) is 7.66. The van der Waals surface area contributed by atoms with Gasteiger partial charge < -0.3 is 15.4 Å². The first-order valence-electron chi connectivity index (χ1n) is 12.4. The molecule has 0 saturated heterocycles. The van der Waals surface area contributed by atoms with Crippen molar-refractivity contribution in [1.82, 2.24) is 4.98 Å². The van der Waals surface area contributed by atoms with Crippen molar-refractivity contribution in [2.45, 2.75) is 32.6 Å². The number of nitro groups is 1. The molecule has 3 aromatic rings. The molecule has 2 aliphatic rings. The minimum Gasteiger partial charge on any atom is -0.469 e. The third-order valence-corrected chi connectivity index (χ3v) is 7.66. The Morgan fingerprint density at radius 3 is 2.34 bits per heavy atom. The highest BCUT2D eigenvalue weighted by Crippen LogP contribution is 2.61. The van der Waals surface area contributed by atoms with E-state index in [0.717, 1.165) is 18.4 Å². The zero-order valence-electron chi connectivity index (χ0n) is 21.0. The molecule has 2 saturated carbocycles. The highest BCUT2D eigenvalue weighted by atomic mass is 19.1. The fraction of sp³-hybridized carbons (Fsp3) is 0.321. The van der Waals surface area contributed by atoms with Gasteiger partial charge in [-0.2, -0.15) is 0 Å². The standard InChI is InChI=1S/C28H27FN4O5/c1-16-20(30-25-23(33(36)37)11-10-21(31-25)17-6-4-3-5-7-17)8-9-22(24(16)29)32-26(34)18-12-28(13-18)14-19(15-28)27(35)38-2/h3-11,18-19H,12-15H2,1-2H3,(H,30,31)(H,32,34). The van der Waals surface area contributed by atoms with Crippen molar-refractivity contribution < 1.29 is 23.6 Å². The fourth-order valence-corrected chi connectivity index (χ4v) is 5.56. The molecule has 196 valence electrons. The Labute approximate surface area is 218 Å². The zero-order chi connectivity index (χ0) is 27.0. The van der Waals surface area contributed by atoms with Crippen LogP contribution in [0.4, 0.5) is 27.3 Å². The van der Waals surface area contributed by atoms with Gasteiger partial charge in [-0.15, -0.1) is 0 Å². The number of carbonyl (C=O) groups excluding carboxylic acids is 2. The van der Waals surface area contributed by atoms with Crippen molar-refractivity contribution in [3.63, 3.8) is 0 Å². The number of hydrogen-bond acceptors (Lipinski definition) is 7. The van der Waals surface area contributed by atoms with Crippen molar-refractivity contribution >= 4 is 34.8 Å². The van der Waals surface area contributed by atoms with Crippen LogP contribution in [0.25, 0.3) is 11.3 Å². The summed E-state index contributed by atoms with van der Waals surface area (Å²) in [6, 6.07) is 15.1. The monoisotopic (exact) mass is 518 g/mol. The molecule has 1 heterocycles. The number of amides is 1. The summed E-state index contributed by atoms with van der Waals surface area (Å²) in [6.07, 6.45) is 2.78. The number of nitrogens with zero attached hydrogens (tertiary/aromatic N) is 2. The molecule has 2 aliphatic carbocycles. The Balaban J connectivity index is 1.28. The average Bonchev–Trinajstić information content (AvgIpc) is 2.87. The largest absolute Gasteiger partial charge is 0.469 e. The number of anilines is 3. The molecule has 5 rings (SSSR count). The number of ether oxygens (including phenoxy) is 1. The van der Waals surface area contributed by atoms with Crippen LogP contribution in [-0.4, -0.2) is 28.9 Å². The first-order valence-corrected chi connectivity index (χ1v) is 12.4. The van der Waals surface area contributed by atoms with Gasteiger partial charge in [0, 0.05) is 28.8 Å². The lowest BCUT2D eigenvalue weighted by molar-refractivity contribution is -0.384. The zero-order valence-corrected chi connectivity index (χ0v) is 21.0. The molecule has 2 fully saturated rings. The summed E-state index contributed by atoms with van der Waals surface area (Å²) in [4.78, 5) is 39.9. The SMILES string of the molecule is COC(=O)C1CC2(CC(C(=O)Nc3ccc(Nc4nc(-c5ccccc5)ccc4[N+](=O)[O-])c(C)c3F)C2)C1. The second-order valence-electron chi connectivity index (χ2n) is 10.1. The van der Waals surface area contributed by atoms with E-state index in [9.17, 15) is 19.7 Å². The van der Waals surface area contributed by atoms with Crippen LogP contribution in [0.1, 0.15) is 31.2 Å². The second kappa shape index (κ2) is 9.85. The average molecular weight is 519 g/mol. The predicted molar refractivity (Wildman–Crippen MR) is 139 cm³/mol. The number of hydrogen-bond donors (Lipinski definition) is 2. The van der Waals surface area contributed by atoms with E-state index in [4.69, 9.17) is 4.74 Å². The Kier molecular flexibility index (Phi) is 6.56. The Morgan fingerprint density at radius 2 is 1.68 bits per heavy atom. The summed E-state index contributed by atoms with van der Waals surface area (Å²) in [5.74, 6) is -1.44. The minimum atomic E-state index is -0.631. The molecule has 2 aromatic carbocycles. The van der Waals surface area contributed by atoms with Crippen LogP contribution in [0, 0.1) is 40.1 Å². The molecule has 1 spiro atoms. The summed E-state index contributed by atoms with van der Waals surface area (Å²) < 4.78 is 20.0. The molecule has 9 nitrogen and oxygen atoms in total. The molecule has 38 heavy (non-hydrogen) atoms. The highest BCUT2D eigenvalue weighted by molar-refractivity contribution is 5.94. The molecule has 0 bridgehead atoms. The van der Waals surface area contributed by atoms with Gasteiger partial charge in [-0.05, 0) is 56.2 Å². The molecule has 1 aromatic heterocycles. The van der Waals surface area contributed by atoms with Gasteiger partial charge in [0.15, 0.2) is 5.82 Å². The van der Waals surface area contributed by atoms with Crippen molar-refractivity contribution in [2.24, 2.45) is 17.3 Å². The number of rotatable bonds is 7. The van der Waals surface area contributed by atoms with Crippen LogP contribution in [0.2, 0.25) is 0 Å². The second-order valence-corrected chi connectivity index (χ2v) is 10.1. The topological polar surface area (TPSA) is 123 Å². The number of nitrogens with one attached hydrogen (secondary N) is 2. The van der Waals surface area contributed by atoms with E-state index in [1.54, 1.807) is 12.1 Å². The lowest BCUT2D eigenvalue weighted by Crippen LogP contribution is -2.52. The lowest BCUT2D eigenvalue weighted by atomic mass is 9.48. The molecular weight excluding hydrogens is 491 g/mol. The molecule has 0 aliphatic heterocycles. The molecular formula is C28H27FN4O5. The summed E-state index contributed by atoms with van der Waals surface area (Å²) in [5.41, 5.74) is 1.61. The van der Waals surface area contributed by atoms with Crippen molar-refractivity contribution in [2.75, 3.05) is 17.7 Å². The van der Waals surface area contributed by atoms with Crippen LogP contribution in [0.3, 0.4) is 0 Å². The van der Waals surface area contributed by atoms with E-state index in [0.29, 0.717) is 24.2 Å². The maximum atomic E-state index is 15.3. The predicted octanol–water partition coefficient (Wildman–Crippen LogP) is 5.77. The Morgan fingerprint density at radius 1 is 1.03 bits per heavy atom. The van der Waals surface area contributed by atoms with E-state index in [1.807, 2.05) is 30.3 Å². The van der Waals surface area contributed by atoms with Crippen molar-refractivity contribution in [3.8, 4) is 11.3 Å². The summed E-state index contributed by atoms with van der Waals surface area (Å²) in [5, 5.41) is 17.2. The normalized spacial score (nSPS) is 21.7. The number of benzene rings is 2. The number of halogens is 1. The summed E-state index contributed by atoms with van der Waals surface area (Å²) >= 11 is 0. The lowest BCUT2D eigenvalue weighted by Gasteiger charge is -2.56. The number of esters is 1. The van der Waals surface area contributed by atoms with E-state index in [1.165, 1.54) is 26.2 Å². The molecule has 2 N–H and O–H groups in total. The maximum Gasteiger partial charge on any atom is 0.311 e. The van der Waals surface area contributed by atoms with Crippen LogP contribution < -0.4 is 10.6 Å². The van der Waals surface area contributed by atoms with Gasteiger partial charge in [-0.25, -0.2) is 9.37 Å². The van der Waals surface area contributed by atoms with E-state index < -0.39 is 10.7 Å². The van der Waals surface area contributed by atoms with Crippen LogP contribution in [-0.2, 0) is 14.3 Å². The van der Waals surface area contributed by atoms with E-state index >= 15 is 4.39 Å². The van der Waals surface area contributed by atoms with Gasteiger partial charge in [0.1, 0.15) is 0 Å². The number of pyridine rings is 1. The number of aromatic nitrogens is 1. The molecule has 0 radical (unpaired) electrons.